The van der Waals surface area contributed by atoms with Crippen LogP contribution in [0.1, 0.15) is 16.0 Å². The van der Waals surface area contributed by atoms with Gasteiger partial charge in [0, 0.05) is 17.8 Å². The molecule has 0 fully saturated rings. The molecule has 5 heteroatoms. The van der Waals surface area contributed by atoms with Gasteiger partial charge in [0.1, 0.15) is 0 Å². The Morgan fingerprint density at radius 2 is 2.00 bits per heavy atom. The highest BCUT2D eigenvalue weighted by atomic mass is 32.1. The van der Waals surface area contributed by atoms with E-state index in [4.69, 9.17) is 0 Å². The number of carbonyl (C=O) groups is 1. The van der Waals surface area contributed by atoms with Gasteiger partial charge in [-0.2, -0.15) is 0 Å². The SMILES string of the molecule is Cc1ccsc1CNC(=O)NCC(O)Cc1ccccc1. The number of aliphatic hydroxyl groups is 1. The first kappa shape index (κ1) is 15.5. The van der Waals surface area contributed by atoms with E-state index in [1.807, 2.05) is 48.7 Å². The molecule has 0 saturated carbocycles. The average Bonchev–Trinajstić information content (AvgIpc) is 2.89. The van der Waals surface area contributed by atoms with Gasteiger partial charge in [0.15, 0.2) is 0 Å². The molecule has 2 aromatic rings. The van der Waals surface area contributed by atoms with Crippen LogP contribution in [-0.2, 0) is 13.0 Å². The highest BCUT2D eigenvalue weighted by Crippen LogP contribution is 2.14. The van der Waals surface area contributed by atoms with Crippen LogP contribution in [0.15, 0.2) is 41.8 Å². The molecule has 2 rings (SSSR count). The number of thiophene rings is 1. The molecule has 4 nitrogen and oxygen atoms in total. The van der Waals surface area contributed by atoms with Gasteiger partial charge in [0.25, 0.3) is 0 Å². The van der Waals surface area contributed by atoms with Gasteiger partial charge in [-0.25, -0.2) is 4.79 Å². The molecule has 0 spiro atoms. The van der Waals surface area contributed by atoms with Crippen LogP contribution in [0.4, 0.5) is 4.79 Å². The van der Waals surface area contributed by atoms with Crippen LogP contribution in [0.2, 0.25) is 0 Å². The summed E-state index contributed by atoms with van der Waals surface area (Å²) in [6, 6.07) is 11.5. The molecular formula is C16H20N2O2S. The molecule has 0 aliphatic heterocycles. The molecule has 1 aromatic carbocycles. The number of nitrogens with one attached hydrogen (secondary N) is 2. The smallest absolute Gasteiger partial charge is 0.315 e. The molecule has 2 amide bonds. The predicted octanol–water partition coefficient (Wildman–Crippen LogP) is 2.46. The number of hydrogen-bond acceptors (Lipinski definition) is 3. The lowest BCUT2D eigenvalue weighted by molar-refractivity contribution is 0.170. The van der Waals surface area contributed by atoms with Crippen molar-refractivity contribution in [3.05, 3.63) is 57.8 Å². The van der Waals surface area contributed by atoms with Gasteiger partial charge >= 0.3 is 6.03 Å². The van der Waals surface area contributed by atoms with E-state index in [0.29, 0.717) is 13.0 Å². The number of rotatable bonds is 6. The standard InChI is InChI=1S/C16H20N2O2S/c1-12-7-8-21-15(12)11-18-16(20)17-10-14(19)9-13-5-3-2-4-6-13/h2-8,14,19H,9-11H2,1H3,(H2,17,18,20). The lowest BCUT2D eigenvalue weighted by atomic mass is 10.1. The molecule has 0 aliphatic carbocycles. The summed E-state index contributed by atoms with van der Waals surface area (Å²) in [5.41, 5.74) is 2.24. The summed E-state index contributed by atoms with van der Waals surface area (Å²) in [4.78, 5) is 12.8. The zero-order valence-corrected chi connectivity index (χ0v) is 12.8. The van der Waals surface area contributed by atoms with Gasteiger partial charge < -0.3 is 15.7 Å². The van der Waals surface area contributed by atoms with E-state index in [1.165, 1.54) is 5.56 Å². The Hall–Kier alpha value is -1.85. The van der Waals surface area contributed by atoms with E-state index < -0.39 is 6.10 Å². The van der Waals surface area contributed by atoms with Crippen LogP contribution >= 0.6 is 11.3 Å². The van der Waals surface area contributed by atoms with Crippen LogP contribution < -0.4 is 10.6 Å². The van der Waals surface area contributed by atoms with Gasteiger partial charge in [-0.1, -0.05) is 30.3 Å². The van der Waals surface area contributed by atoms with Crippen molar-refractivity contribution in [1.29, 1.82) is 0 Å². The summed E-state index contributed by atoms with van der Waals surface area (Å²) in [6.45, 7) is 2.78. The Balaban J connectivity index is 1.68. The van der Waals surface area contributed by atoms with Crippen molar-refractivity contribution in [2.24, 2.45) is 0 Å². The van der Waals surface area contributed by atoms with Crippen LogP contribution in [-0.4, -0.2) is 23.8 Å². The van der Waals surface area contributed by atoms with E-state index in [0.717, 1.165) is 10.4 Å². The van der Waals surface area contributed by atoms with Gasteiger partial charge in [-0.15, -0.1) is 11.3 Å². The molecule has 0 radical (unpaired) electrons. The lowest BCUT2D eigenvalue weighted by Crippen LogP contribution is -2.39. The van der Waals surface area contributed by atoms with Crippen molar-refractivity contribution in [3.8, 4) is 0 Å². The third kappa shape index (κ3) is 5.21. The maximum Gasteiger partial charge on any atom is 0.315 e. The van der Waals surface area contributed by atoms with Gasteiger partial charge in [-0.3, -0.25) is 0 Å². The molecule has 112 valence electrons. The Bertz CT molecular complexity index is 569. The van der Waals surface area contributed by atoms with E-state index in [2.05, 4.69) is 10.6 Å². The van der Waals surface area contributed by atoms with Gasteiger partial charge in [0.05, 0.1) is 12.6 Å². The number of aliphatic hydroxyl groups excluding tert-OH is 1. The van der Waals surface area contributed by atoms with Crippen LogP contribution in [0.25, 0.3) is 0 Å². The Labute approximate surface area is 128 Å². The third-order valence-corrected chi connectivity index (χ3v) is 4.21. The molecule has 3 N–H and O–H groups in total. The van der Waals surface area contributed by atoms with Crippen molar-refractivity contribution in [2.45, 2.75) is 26.0 Å². The Morgan fingerprint density at radius 1 is 1.24 bits per heavy atom. The number of aryl methyl sites for hydroxylation is 1. The van der Waals surface area contributed by atoms with Crippen molar-refractivity contribution in [3.63, 3.8) is 0 Å². The zero-order chi connectivity index (χ0) is 15.1. The molecule has 1 unspecified atom stereocenters. The molecule has 0 bridgehead atoms. The maximum absolute atomic E-state index is 11.7. The summed E-state index contributed by atoms with van der Waals surface area (Å²) >= 11 is 1.63. The molecule has 1 atom stereocenters. The summed E-state index contributed by atoms with van der Waals surface area (Å²) in [5.74, 6) is 0. The topological polar surface area (TPSA) is 61.4 Å². The van der Waals surface area contributed by atoms with Crippen LogP contribution in [0.5, 0.6) is 0 Å². The highest BCUT2D eigenvalue weighted by molar-refractivity contribution is 7.10. The third-order valence-electron chi connectivity index (χ3n) is 3.19. The molecular weight excluding hydrogens is 284 g/mol. The zero-order valence-electron chi connectivity index (χ0n) is 12.0. The average molecular weight is 304 g/mol. The fraction of sp³-hybridized carbons (Fsp3) is 0.312. The first-order valence-corrected chi connectivity index (χ1v) is 7.80. The first-order valence-electron chi connectivity index (χ1n) is 6.92. The molecule has 1 aromatic heterocycles. The maximum atomic E-state index is 11.7. The number of hydrogen-bond donors (Lipinski definition) is 3. The first-order chi connectivity index (χ1) is 10.1. The fourth-order valence-corrected chi connectivity index (χ4v) is 2.82. The summed E-state index contributed by atoms with van der Waals surface area (Å²) in [7, 11) is 0. The second kappa shape index (κ2) is 7.81. The van der Waals surface area contributed by atoms with E-state index in [-0.39, 0.29) is 12.6 Å². The molecule has 1 heterocycles. The minimum atomic E-state index is -0.582. The number of carbonyl (C=O) groups excluding carboxylic acids is 1. The quantitative estimate of drug-likeness (QED) is 0.768. The fourth-order valence-electron chi connectivity index (χ4n) is 1.98. The minimum absolute atomic E-state index is 0.240. The van der Waals surface area contributed by atoms with Crippen LogP contribution in [0.3, 0.4) is 0 Å². The second-order valence-electron chi connectivity index (χ2n) is 4.93. The summed E-state index contributed by atoms with van der Waals surface area (Å²) in [5, 5.41) is 17.4. The van der Waals surface area contributed by atoms with Gasteiger partial charge in [-0.05, 0) is 29.5 Å². The monoisotopic (exact) mass is 304 g/mol. The van der Waals surface area contributed by atoms with Crippen molar-refractivity contribution in [2.75, 3.05) is 6.54 Å². The van der Waals surface area contributed by atoms with Crippen molar-refractivity contribution in [1.82, 2.24) is 10.6 Å². The van der Waals surface area contributed by atoms with Gasteiger partial charge in [0.2, 0.25) is 0 Å². The lowest BCUT2D eigenvalue weighted by Gasteiger charge is -2.12. The Kier molecular flexibility index (Phi) is 5.78. The minimum Gasteiger partial charge on any atom is -0.391 e. The Morgan fingerprint density at radius 3 is 2.67 bits per heavy atom. The number of benzene rings is 1. The predicted molar refractivity (Wildman–Crippen MR) is 85.4 cm³/mol. The van der Waals surface area contributed by atoms with E-state index >= 15 is 0 Å². The van der Waals surface area contributed by atoms with Crippen LogP contribution in [0, 0.1) is 6.92 Å². The molecule has 0 aliphatic rings. The molecule has 0 saturated heterocycles. The largest absolute Gasteiger partial charge is 0.391 e. The number of amides is 2. The van der Waals surface area contributed by atoms with E-state index in [1.54, 1.807) is 11.3 Å². The second-order valence-corrected chi connectivity index (χ2v) is 5.93. The number of urea groups is 1. The van der Waals surface area contributed by atoms with Crippen molar-refractivity contribution < 1.29 is 9.90 Å². The van der Waals surface area contributed by atoms with Crippen molar-refractivity contribution >= 4 is 17.4 Å². The molecule has 21 heavy (non-hydrogen) atoms. The summed E-state index contributed by atoms with van der Waals surface area (Å²) in [6.07, 6.45) is -0.0489. The highest BCUT2D eigenvalue weighted by Gasteiger charge is 2.08. The normalized spacial score (nSPS) is 11.9. The summed E-state index contributed by atoms with van der Waals surface area (Å²) < 4.78 is 0. The van der Waals surface area contributed by atoms with E-state index in [9.17, 15) is 9.90 Å².